The highest BCUT2D eigenvalue weighted by molar-refractivity contribution is 6.15. The molecule has 0 saturated carbocycles. The summed E-state index contributed by atoms with van der Waals surface area (Å²) in [6.45, 7) is 0. The van der Waals surface area contributed by atoms with Crippen LogP contribution in [0.5, 0.6) is 0 Å². The van der Waals surface area contributed by atoms with Crippen LogP contribution >= 0.6 is 0 Å². The van der Waals surface area contributed by atoms with E-state index in [9.17, 15) is 0 Å². The largest absolute Gasteiger partial charge is 0.456 e. The molecule has 0 N–H and O–H groups in total. The Morgan fingerprint density at radius 1 is 0.390 bits per heavy atom. The molecule has 192 valence electrons. The molecule has 41 heavy (non-hydrogen) atoms. The van der Waals surface area contributed by atoms with Gasteiger partial charge in [-0.15, -0.1) is 0 Å². The quantitative estimate of drug-likeness (QED) is 0.230. The Bertz CT molecular complexity index is 2140. The van der Waals surface area contributed by atoms with Gasteiger partial charge in [0.1, 0.15) is 11.2 Å². The summed E-state index contributed by atoms with van der Waals surface area (Å²) in [4.78, 5) is 14.7. The standard InChI is InChI=1S/C37H23N3O/c1-3-11-24(12-4-1)35-38-36(25-13-5-2-6-14-25)40-37(39-35)27-21-22-28-26(23-27)15-9-17-29(28)30-18-10-20-33-34(30)31-16-7-8-19-32(31)41-33/h1-23H. The van der Waals surface area contributed by atoms with Gasteiger partial charge in [0.05, 0.1) is 0 Å². The van der Waals surface area contributed by atoms with Gasteiger partial charge in [0, 0.05) is 27.5 Å². The number of hydrogen-bond donors (Lipinski definition) is 0. The van der Waals surface area contributed by atoms with Crippen LogP contribution in [0.1, 0.15) is 0 Å². The molecule has 4 nitrogen and oxygen atoms in total. The number of fused-ring (bicyclic) bond motifs is 4. The Balaban J connectivity index is 1.30. The number of furan rings is 1. The first-order valence-corrected chi connectivity index (χ1v) is 13.6. The molecule has 0 atom stereocenters. The molecule has 0 bridgehead atoms. The van der Waals surface area contributed by atoms with Gasteiger partial charge in [0.25, 0.3) is 0 Å². The monoisotopic (exact) mass is 525 g/mol. The molecule has 8 rings (SSSR count). The van der Waals surface area contributed by atoms with Gasteiger partial charge in [-0.1, -0.05) is 121 Å². The van der Waals surface area contributed by atoms with E-state index < -0.39 is 0 Å². The van der Waals surface area contributed by atoms with Crippen LogP contribution in [-0.4, -0.2) is 15.0 Å². The first kappa shape index (κ1) is 23.3. The van der Waals surface area contributed by atoms with Gasteiger partial charge in [-0.05, 0) is 40.1 Å². The molecule has 2 aromatic heterocycles. The molecule has 6 aromatic carbocycles. The minimum atomic E-state index is 0.646. The van der Waals surface area contributed by atoms with Crippen molar-refractivity contribution in [2.24, 2.45) is 0 Å². The summed E-state index contributed by atoms with van der Waals surface area (Å²) in [5.74, 6) is 1.96. The summed E-state index contributed by atoms with van der Waals surface area (Å²) >= 11 is 0. The van der Waals surface area contributed by atoms with E-state index in [-0.39, 0.29) is 0 Å². The van der Waals surface area contributed by atoms with Crippen molar-refractivity contribution in [1.82, 2.24) is 15.0 Å². The van der Waals surface area contributed by atoms with Crippen molar-refractivity contribution in [3.8, 4) is 45.3 Å². The number of rotatable bonds is 4. The summed E-state index contributed by atoms with van der Waals surface area (Å²) in [5.41, 5.74) is 6.97. The zero-order chi connectivity index (χ0) is 27.2. The molecule has 8 aromatic rings. The Morgan fingerprint density at radius 2 is 0.976 bits per heavy atom. The molecule has 0 radical (unpaired) electrons. The van der Waals surface area contributed by atoms with Crippen molar-refractivity contribution in [2.45, 2.75) is 0 Å². The fourth-order valence-electron chi connectivity index (χ4n) is 5.59. The number of aromatic nitrogens is 3. The third kappa shape index (κ3) is 4.05. The first-order chi connectivity index (χ1) is 20.3. The van der Waals surface area contributed by atoms with Gasteiger partial charge in [0.15, 0.2) is 17.5 Å². The van der Waals surface area contributed by atoms with E-state index in [1.54, 1.807) is 0 Å². The topological polar surface area (TPSA) is 51.8 Å². The SMILES string of the molecule is c1ccc(-c2nc(-c3ccccc3)nc(-c3ccc4c(-c5cccc6oc7ccccc7c56)cccc4c3)n2)cc1. The second kappa shape index (κ2) is 9.54. The fourth-order valence-corrected chi connectivity index (χ4v) is 5.59. The van der Waals surface area contributed by atoms with Crippen LogP contribution < -0.4 is 0 Å². The van der Waals surface area contributed by atoms with Gasteiger partial charge in [0.2, 0.25) is 0 Å². The lowest BCUT2D eigenvalue weighted by atomic mass is 9.94. The number of para-hydroxylation sites is 1. The molecule has 0 spiro atoms. The summed E-state index contributed by atoms with van der Waals surface area (Å²) in [7, 11) is 0. The van der Waals surface area contributed by atoms with Crippen molar-refractivity contribution in [3.63, 3.8) is 0 Å². The second-order valence-electron chi connectivity index (χ2n) is 10.1. The highest BCUT2D eigenvalue weighted by Gasteiger charge is 2.16. The number of benzene rings is 6. The highest BCUT2D eigenvalue weighted by Crippen LogP contribution is 2.39. The van der Waals surface area contributed by atoms with Gasteiger partial charge in [-0.25, -0.2) is 15.0 Å². The van der Waals surface area contributed by atoms with Gasteiger partial charge >= 0.3 is 0 Å². The summed E-state index contributed by atoms with van der Waals surface area (Å²) in [5, 5.41) is 4.54. The lowest BCUT2D eigenvalue weighted by Crippen LogP contribution is -2.00. The molecule has 0 unspecified atom stereocenters. The molecule has 0 fully saturated rings. The van der Waals surface area contributed by atoms with Crippen molar-refractivity contribution < 1.29 is 4.42 Å². The van der Waals surface area contributed by atoms with Crippen molar-refractivity contribution in [3.05, 3.63) is 140 Å². The molecular weight excluding hydrogens is 502 g/mol. The second-order valence-corrected chi connectivity index (χ2v) is 10.1. The van der Waals surface area contributed by atoms with E-state index in [1.807, 2.05) is 78.9 Å². The molecule has 4 heteroatoms. The molecule has 0 aliphatic carbocycles. The summed E-state index contributed by atoms with van der Waals surface area (Å²) in [6, 6.07) is 47.5. The zero-order valence-corrected chi connectivity index (χ0v) is 22.0. The van der Waals surface area contributed by atoms with Crippen LogP contribution in [0.15, 0.2) is 144 Å². The van der Waals surface area contributed by atoms with E-state index in [1.165, 1.54) is 0 Å². The zero-order valence-electron chi connectivity index (χ0n) is 22.0. The van der Waals surface area contributed by atoms with Crippen LogP contribution in [0.2, 0.25) is 0 Å². The molecule has 0 saturated heterocycles. The average Bonchev–Trinajstić information content (AvgIpc) is 3.44. The van der Waals surface area contributed by atoms with Crippen molar-refractivity contribution >= 4 is 32.7 Å². The van der Waals surface area contributed by atoms with E-state index in [0.717, 1.165) is 60.5 Å². The van der Waals surface area contributed by atoms with Gasteiger partial charge < -0.3 is 4.42 Å². The third-order valence-corrected chi connectivity index (χ3v) is 7.53. The van der Waals surface area contributed by atoms with Gasteiger partial charge in [-0.2, -0.15) is 0 Å². The molecule has 0 aliphatic heterocycles. The Labute approximate surface area is 236 Å². The van der Waals surface area contributed by atoms with E-state index in [2.05, 4.69) is 60.7 Å². The Morgan fingerprint density at radius 3 is 1.71 bits per heavy atom. The minimum Gasteiger partial charge on any atom is -0.456 e. The van der Waals surface area contributed by atoms with Gasteiger partial charge in [-0.3, -0.25) is 0 Å². The van der Waals surface area contributed by atoms with E-state index >= 15 is 0 Å². The molecule has 2 heterocycles. The van der Waals surface area contributed by atoms with Crippen LogP contribution in [0, 0.1) is 0 Å². The third-order valence-electron chi connectivity index (χ3n) is 7.53. The number of nitrogens with zero attached hydrogens (tertiary/aromatic N) is 3. The summed E-state index contributed by atoms with van der Waals surface area (Å²) < 4.78 is 6.18. The Hall–Kier alpha value is -5.61. The minimum absolute atomic E-state index is 0.646. The normalized spacial score (nSPS) is 11.4. The molecular formula is C37H23N3O. The first-order valence-electron chi connectivity index (χ1n) is 13.6. The number of hydrogen-bond acceptors (Lipinski definition) is 4. The van der Waals surface area contributed by atoms with E-state index in [0.29, 0.717) is 17.5 Å². The summed E-state index contributed by atoms with van der Waals surface area (Å²) in [6.07, 6.45) is 0. The maximum atomic E-state index is 6.18. The molecule has 0 aliphatic rings. The lowest BCUT2D eigenvalue weighted by Gasteiger charge is -2.11. The van der Waals surface area contributed by atoms with Crippen LogP contribution in [-0.2, 0) is 0 Å². The highest BCUT2D eigenvalue weighted by atomic mass is 16.3. The van der Waals surface area contributed by atoms with Crippen LogP contribution in [0.3, 0.4) is 0 Å². The predicted octanol–water partition coefficient (Wildman–Crippen LogP) is 9.59. The maximum absolute atomic E-state index is 6.18. The van der Waals surface area contributed by atoms with E-state index in [4.69, 9.17) is 19.4 Å². The maximum Gasteiger partial charge on any atom is 0.164 e. The predicted molar refractivity (Wildman–Crippen MR) is 166 cm³/mol. The Kier molecular flexibility index (Phi) is 5.42. The van der Waals surface area contributed by atoms with Crippen LogP contribution in [0.25, 0.3) is 78.0 Å². The molecule has 0 amide bonds. The van der Waals surface area contributed by atoms with Crippen molar-refractivity contribution in [1.29, 1.82) is 0 Å². The average molecular weight is 526 g/mol. The smallest absolute Gasteiger partial charge is 0.164 e. The van der Waals surface area contributed by atoms with Crippen LogP contribution in [0.4, 0.5) is 0 Å². The van der Waals surface area contributed by atoms with Crippen molar-refractivity contribution in [2.75, 3.05) is 0 Å². The lowest BCUT2D eigenvalue weighted by molar-refractivity contribution is 0.669. The fraction of sp³-hybridized carbons (Fsp3) is 0.